The average Bonchev–Trinajstić information content (AvgIpc) is 2.61. The summed E-state index contributed by atoms with van der Waals surface area (Å²) in [7, 11) is 0. The van der Waals surface area contributed by atoms with Crippen LogP contribution in [-0.4, -0.2) is 10.9 Å². The minimum absolute atomic E-state index is 0.0932. The molecule has 0 atom stereocenters. The summed E-state index contributed by atoms with van der Waals surface area (Å²) in [5.41, 5.74) is 3.94. The van der Waals surface area contributed by atoms with Crippen LogP contribution in [-0.2, 0) is 0 Å². The van der Waals surface area contributed by atoms with Gasteiger partial charge in [0.25, 0.3) is 5.91 Å². The second kappa shape index (κ2) is 7.31. The van der Waals surface area contributed by atoms with E-state index < -0.39 is 17.5 Å². The van der Waals surface area contributed by atoms with Crippen LogP contribution in [0, 0.1) is 25.5 Å². The zero-order valence-corrected chi connectivity index (χ0v) is 14.3. The molecule has 0 saturated heterocycles. The molecule has 0 unspecified atom stereocenters. The number of halogens is 2. The summed E-state index contributed by atoms with van der Waals surface area (Å²) >= 11 is 0. The number of hydrogen-bond acceptors (Lipinski definition) is 3. The largest absolute Gasteiger partial charge is 0.354 e. The molecule has 1 heterocycles. The number of rotatable bonds is 4. The van der Waals surface area contributed by atoms with Crippen LogP contribution in [0.1, 0.15) is 21.5 Å². The van der Waals surface area contributed by atoms with Gasteiger partial charge in [-0.05, 0) is 49.2 Å². The summed E-state index contributed by atoms with van der Waals surface area (Å²) in [5.74, 6) is -2.08. The molecule has 1 aromatic heterocycles. The predicted octanol–water partition coefficient (Wildman–Crippen LogP) is 4.97. The number of carbonyl (C=O) groups is 1. The van der Waals surface area contributed by atoms with E-state index in [2.05, 4.69) is 15.6 Å². The minimum atomic E-state index is -0.837. The van der Waals surface area contributed by atoms with Crippen LogP contribution in [0.25, 0.3) is 0 Å². The Labute approximate surface area is 149 Å². The van der Waals surface area contributed by atoms with Gasteiger partial charge in [-0.25, -0.2) is 8.78 Å². The lowest BCUT2D eigenvalue weighted by atomic mass is 10.1. The van der Waals surface area contributed by atoms with Gasteiger partial charge in [0, 0.05) is 18.0 Å². The van der Waals surface area contributed by atoms with Crippen molar-refractivity contribution < 1.29 is 13.6 Å². The third-order valence-corrected chi connectivity index (χ3v) is 4.06. The molecule has 0 aliphatic heterocycles. The summed E-state index contributed by atoms with van der Waals surface area (Å²) in [5, 5.41) is 5.64. The molecule has 2 aromatic carbocycles. The van der Waals surface area contributed by atoms with Gasteiger partial charge in [-0.15, -0.1) is 0 Å². The van der Waals surface area contributed by atoms with E-state index in [0.29, 0.717) is 11.8 Å². The van der Waals surface area contributed by atoms with Crippen LogP contribution in [0.4, 0.5) is 25.8 Å². The highest BCUT2D eigenvalue weighted by Gasteiger charge is 2.11. The maximum absolute atomic E-state index is 13.7. The fourth-order valence-electron chi connectivity index (χ4n) is 2.46. The van der Waals surface area contributed by atoms with Gasteiger partial charge in [-0.3, -0.25) is 9.78 Å². The van der Waals surface area contributed by atoms with Crippen LogP contribution in [0.5, 0.6) is 0 Å². The monoisotopic (exact) mass is 353 g/mol. The second-order valence-corrected chi connectivity index (χ2v) is 5.91. The zero-order chi connectivity index (χ0) is 18.7. The van der Waals surface area contributed by atoms with Crippen molar-refractivity contribution in [2.75, 3.05) is 10.6 Å². The normalized spacial score (nSPS) is 10.5. The number of nitrogens with one attached hydrogen (secondary N) is 2. The molecule has 3 aromatic rings. The van der Waals surface area contributed by atoms with Gasteiger partial charge in [0.05, 0.1) is 23.1 Å². The quantitative estimate of drug-likeness (QED) is 0.696. The first kappa shape index (κ1) is 17.5. The summed E-state index contributed by atoms with van der Waals surface area (Å²) in [6, 6.07) is 10.5. The molecular weight excluding hydrogens is 336 g/mol. The summed E-state index contributed by atoms with van der Waals surface area (Å²) in [6.45, 7) is 4.01. The Balaban J connectivity index is 1.80. The fourth-order valence-corrected chi connectivity index (χ4v) is 2.46. The number of nitrogens with zero attached hydrogens (tertiary/aromatic N) is 1. The summed E-state index contributed by atoms with van der Waals surface area (Å²) < 4.78 is 26.7. The average molecular weight is 353 g/mol. The highest BCUT2D eigenvalue weighted by Crippen LogP contribution is 2.23. The van der Waals surface area contributed by atoms with Crippen molar-refractivity contribution >= 4 is 23.0 Å². The minimum Gasteiger partial charge on any atom is -0.354 e. The molecule has 3 rings (SSSR count). The first-order valence-corrected chi connectivity index (χ1v) is 7.99. The molecule has 26 heavy (non-hydrogen) atoms. The number of carbonyl (C=O) groups excluding carboxylic acids is 1. The third kappa shape index (κ3) is 3.85. The lowest BCUT2D eigenvalue weighted by Gasteiger charge is -2.12. The molecule has 132 valence electrons. The number of aromatic nitrogens is 1. The molecule has 0 fully saturated rings. The molecule has 0 aliphatic rings. The van der Waals surface area contributed by atoms with Crippen molar-refractivity contribution in [2.45, 2.75) is 13.8 Å². The molecule has 1 amide bonds. The Kier molecular flexibility index (Phi) is 4.93. The molecule has 0 saturated carbocycles. The van der Waals surface area contributed by atoms with Crippen molar-refractivity contribution in [2.24, 2.45) is 0 Å². The van der Waals surface area contributed by atoms with Crippen molar-refractivity contribution in [3.8, 4) is 0 Å². The van der Waals surface area contributed by atoms with Crippen LogP contribution < -0.4 is 10.6 Å². The van der Waals surface area contributed by atoms with Gasteiger partial charge >= 0.3 is 0 Å². The molecule has 0 aliphatic carbocycles. The lowest BCUT2D eigenvalue weighted by molar-refractivity contribution is 0.102. The SMILES string of the molecule is Cc1cccc(Nc2cncc(C(=O)Nc3ccc(F)cc3F)c2)c1C. The maximum Gasteiger partial charge on any atom is 0.257 e. The number of hydrogen-bond donors (Lipinski definition) is 2. The van der Waals surface area contributed by atoms with Gasteiger partial charge < -0.3 is 10.6 Å². The Morgan fingerprint density at radius 3 is 2.58 bits per heavy atom. The van der Waals surface area contributed by atoms with Crippen molar-refractivity contribution in [1.82, 2.24) is 4.98 Å². The van der Waals surface area contributed by atoms with E-state index in [4.69, 9.17) is 0 Å². The van der Waals surface area contributed by atoms with E-state index in [1.165, 1.54) is 12.3 Å². The highest BCUT2D eigenvalue weighted by molar-refractivity contribution is 6.04. The predicted molar refractivity (Wildman–Crippen MR) is 97.7 cm³/mol. The van der Waals surface area contributed by atoms with E-state index in [1.54, 1.807) is 12.3 Å². The molecule has 2 N–H and O–H groups in total. The van der Waals surface area contributed by atoms with E-state index in [0.717, 1.165) is 22.9 Å². The van der Waals surface area contributed by atoms with Gasteiger partial charge in [-0.1, -0.05) is 12.1 Å². The number of aryl methyl sites for hydroxylation is 1. The summed E-state index contributed by atoms with van der Waals surface area (Å²) in [4.78, 5) is 16.4. The first-order chi connectivity index (χ1) is 12.4. The molecule has 4 nitrogen and oxygen atoms in total. The number of amides is 1. The highest BCUT2D eigenvalue weighted by atomic mass is 19.1. The van der Waals surface area contributed by atoms with E-state index >= 15 is 0 Å². The Bertz CT molecular complexity index is 973. The molecule has 0 bridgehead atoms. The lowest BCUT2D eigenvalue weighted by Crippen LogP contribution is -2.13. The van der Waals surface area contributed by atoms with Crippen molar-refractivity contribution in [3.63, 3.8) is 0 Å². The van der Waals surface area contributed by atoms with E-state index in [-0.39, 0.29) is 11.3 Å². The Hall–Kier alpha value is -3.28. The zero-order valence-electron chi connectivity index (χ0n) is 14.3. The Morgan fingerprint density at radius 2 is 1.81 bits per heavy atom. The van der Waals surface area contributed by atoms with Crippen molar-refractivity contribution in [3.05, 3.63) is 83.2 Å². The molecular formula is C20H17F2N3O. The van der Waals surface area contributed by atoms with Gasteiger partial charge in [0.1, 0.15) is 11.6 Å². The van der Waals surface area contributed by atoms with Crippen LogP contribution >= 0.6 is 0 Å². The van der Waals surface area contributed by atoms with Gasteiger partial charge in [-0.2, -0.15) is 0 Å². The second-order valence-electron chi connectivity index (χ2n) is 5.91. The molecule has 6 heteroatoms. The number of anilines is 3. The van der Waals surface area contributed by atoms with E-state index in [1.807, 2.05) is 32.0 Å². The summed E-state index contributed by atoms with van der Waals surface area (Å²) in [6.07, 6.45) is 2.97. The maximum atomic E-state index is 13.7. The number of benzene rings is 2. The third-order valence-electron chi connectivity index (χ3n) is 4.06. The smallest absolute Gasteiger partial charge is 0.257 e. The van der Waals surface area contributed by atoms with Crippen LogP contribution in [0.15, 0.2) is 54.9 Å². The van der Waals surface area contributed by atoms with Crippen LogP contribution in [0.3, 0.4) is 0 Å². The van der Waals surface area contributed by atoms with Crippen molar-refractivity contribution in [1.29, 1.82) is 0 Å². The fraction of sp³-hybridized carbons (Fsp3) is 0.100. The molecule has 0 spiro atoms. The molecule has 0 radical (unpaired) electrons. The number of pyridine rings is 1. The Morgan fingerprint density at radius 1 is 1.00 bits per heavy atom. The van der Waals surface area contributed by atoms with Gasteiger partial charge in [0.15, 0.2) is 0 Å². The van der Waals surface area contributed by atoms with Crippen LogP contribution in [0.2, 0.25) is 0 Å². The standard InChI is InChI=1S/C20H17F2N3O/c1-12-4-3-5-18(13(12)2)24-16-8-14(10-23-11-16)20(26)25-19-7-6-15(21)9-17(19)22/h3-11,24H,1-2H3,(H,25,26). The van der Waals surface area contributed by atoms with Gasteiger partial charge in [0.2, 0.25) is 0 Å². The first-order valence-electron chi connectivity index (χ1n) is 7.99. The van der Waals surface area contributed by atoms with E-state index in [9.17, 15) is 13.6 Å². The topological polar surface area (TPSA) is 54.0 Å².